The molecule has 0 unspecified atom stereocenters. The predicted octanol–water partition coefficient (Wildman–Crippen LogP) is 1.33. The first kappa shape index (κ1) is 12.4. The van der Waals surface area contributed by atoms with Crippen molar-refractivity contribution in [1.82, 2.24) is 10.3 Å². The highest BCUT2D eigenvalue weighted by atomic mass is 32.1. The van der Waals surface area contributed by atoms with Crippen LogP contribution in [-0.2, 0) is 6.42 Å². The zero-order valence-corrected chi connectivity index (χ0v) is 10.7. The standard InChI is InChI=1S/C11H14N4O2S/c1-13-11-15-9(12)8(18-11)10(16)14-5-4-7-3-2-6-17-7/h2-3,6H,4-5,12H2,1H3,(H,13,15)(H,14,16). The number of carbonyl (C=O) groups excluding carboxylic acids is 1. The number of hydrogen-bond acceptors (Lipinski definition) is 6. The number of nitrogens with one attached hydrogen (secondary N) is 2. The van der Waals surface area contributed by atoms with Gasteiger partial charge < -0.3 is 20.8 Å². The molecular weight excluding hydrogens is 252 g/mol. The SMILES string of the molecule is CNc1nc(N)c(C(=O)NCCc2ccco2)s1. The number of aromatic nitrogens is 1. The first-order chi connectivity index (χ1) is 8.70. The van der Waals surface area contributed by atoms with Gasteiger partial charge in [0, 0.05) is 20.0 Å². The molecular formula is C11H14N4O2S. The number of thiazole rings is 1. The molecule has 1 amide bonds. The topological polar surface area (TPSA) is 93.2 Å². The quantitative estimate of drug-likeness (QED) is 0.759. The lowest BCUT2D eigenvalue weighted by Crippen LogP contribution is -2.25. The number of rotatable bonds is 5. The third-order valence-electron chi connectivity index (χ3n) is 2.31. The Morgan fingerprint density at radius 1 is 1.61 bits per heavy atom. The molecule has 0 aliphatic carbocycles. The maximum absolute atomic E-state index is 11.8. The summed E-state index contributed by atoms with van der Waals surface area (Å²) in [7, 11) is 1.73. The highest BCUT2D eigenvalue weighted by molar-refractivity contribution is 7.18. The summed E-state index contributed by atoms with van der Waals surface area (Å²) in [5, 5.41) is 6.26. The molecule has 2 aromatic rings. The van der Waals surface area contributed by atoms with Crippen molar-refractivity contribution in [3.05, 3.63) is 29.0 Å². The molecule has 0 saturated heterocycles. The van der Waals surface area contributed by atoms with Crippen LogP contribution >= 0.6 is 11.3 Å². The smallest absolute Gasteiger partial charge is 0.265 e. The van der Waals surface area contributed by atoms with Crippen molar-refractivity contribution in [2.75, 3.05) is 24.6 Å². The zero-order valence-electron chi connectivity index (χ0n) is 9.90. The zero-order chi connectivity index (χ0) is 13.0. The normalized spacial score (nSPS) is 10.3. The number of hydrogen-bond donors (Lipinski definition) is 3. The number of carbonyl (C=O) groups is 1. The summed E-state index contributed by atoms with van der Waals surface area (Å²) in [6.07, 6.45) is 2.26. The molecule has 0 spiro atoms. The fraction of sp³-hybridized carbons (Fsp3) is 0.273. The molecule has 2 rings (SSSR count). The van der Waals surface area contributed by atoms with E-state index in [2.05, 4.69) is 15.6 Å². The van der Waals surface area contributed by atoms with Gasteiger partial charge in [-0.25, -0.2) is 4.98 Å². The van der Waals surface area contributed by atoms with Gasteiger partial charge in [-0.3, -0.25) is 4.79 Å². The van der Waals surface area contributed by atoms with Crippen LogP contribution in [0.15, 0.2) is 22.8 Å². The Morgan fingerprint density at radius 2 is 2.44 bits per heavy atom. The average molecular weight is 266 g/mol. The van der Waals surface area contributed by atoms with Crippen molar-refractivity contribution >= 4 is 28.2 Å². The van der Waals surface area contributed by atoms with Crippen LogP contribution in [0.4, 0.5) is 10.9 Å². The summed E-state index contributed by atoms with van der Waals surface area (Å²) >= 11 is 1.23. The Bertz CT molecular complexity index is 521. The van der Waals surface area contributed by atoms with E-state index in [1.54, 1.807) is 13.3 Å². The minimum absolute atomic E-state index is 0.210. The van der Waals surface area contributed by atoms with E-state index in [4.69, 9.17) is 10.2 Å². The Kier molecular flexibility index (Phi) is 3.83. The van der Waals surface area contributed by atoms with Gasteiger partial charge in [-0.15, -0.1) is 0 Å². The Labute approximate surface area is 108 Å². The third-order valence-corrected chi connectivity index (χ3v) is 3.40. The second kappa shape index (κ2) is 5.54. The van der Waals surface area contributed by atoms with Gasteiger partial charge >= 0.3 is 0 Å². The number of anilines is 2. The summed E-state index contributed by atoms with van der Waals surface area (Å²) in [5.41, 5.74) is 5.66. The summed E-state index contributed by atoms with van der Waals surface area (Å²) in [4.78, 5) is 16.3. The second-order valence-corrected chi connectivity index (χ2v) is 4.57. The van der Waals surface area contributed by atoms with Crippen molar-refractivity contribution in [2.24, 2.45) is 0 Å². The molecule has 0 aromatic carbocycles. The molecule has 96 valence electrons. The lowest BCUT2D eigenvalue weighted by atomic mass is 10.3. The molecule has 4 N–H and O–H groups in total. The van der Waals surface area contributed by atoms with E-state index in [0.29, 0.717) is 23.0 Å². The minimum atomic E-state index is -0.210. The maximum atomic E-state index is 11.8. The third kappa shape index (κ3) is 2.80. The number of nitrogens with two attached hydrogens (primary N) is 1. The van der Waals surface area contributed by atoms with Crippen LogP contribution in [0.1, 0.15) is 15.4 Å². The lowest BCUT2D eigenvalue weighted by Gasteiger charge is -2.01. The fourth-order valence-electron chi connectivity index (χ4n) is 1.44. The molecule has 2 aromatic heterocycles. The Hall–Kier alpha value is -2.02. The molecule has 0 saturated carbocycles. The second-order valence-electron chi connectivity index (χ2n) is 3.57. The summed E-state index contributed by atoms with van der Waals surface area (Å²) in [5.74, 6) is 0.876. The Balaban J connectivity index is 1.89. The molecule has 2 heterocycles. The van der Waals surface area contributed by atoms with Gasteiger partial charge in [0.05, 0.1) is 6.26 Å². The van der Waals surface area contributed by atoms with Crippen molar-refractivity contribution in [3.63, 3.8) is 0 Å². The van der Waals surface area contributed by atoms with Gasteiger partial charge in [-0.2, -0.15) is 0 Å². The van der Waals surface area contributed by atoms with Crippen LogP contribution in [-0.4, -0.2) is 24.5 Å². The van der Waals surface area contributed by atoms with E-state index in [1.165, 1.54) is 11.3 Å². The molecule has 0 bridgehead atoms. The number of furan rings is 1. The van der Waals surface area contributed by atoms with Crippen LogP contribution in [0, 0.1) is 0 Å². The van der Waals surface area contributed by atoms with Crippen LogP contribution < -0.4 is 16.4 Å². The van der Waals surface area contributed by atoms with E-state index in [0.717, 1.165) is 5.76 Å². The fourth-order valence-corrected chi connectivity index (χ4v) is 2.19. The van der Waals surface area contributed by atoms with E-state index in [1.807, 2.05) is 12.1 Å². The molecule has 0 aliphatic heterocycles. The van der Waals surface area contributed by atoms with Gasteiger partial charge in [0.1, 0.15) is 16.5 Å². The molecule has 18 heavy (non-hydrogen) atoms. The monoisotopic (exact) mass is 266 g/mol. The molecule has 0 aliphatic rings. The largest absolute Gasteiger partial charge is 0.469 e. The van der Waals surface area contributed by atoms with E-state index < -0.39 is 0 Å². The van der Waals surface area contributed by atoms with E-state index in [-0.39, 0.29) is 11.7 Å². The van der Waals surface area contributed by atoms with Crippen LogP contribution in [0.3, 0.4) is 0 Å². The maximum Gasteiger partial charge on any atom is 0.265 e. The van der Waals surface area contributed by atoms with Crippen LogP contribution in [0.25, 0.3) is 0 Å². The highest BCUT2D eigenvalue weighted by Crippen LogP contribution is 2.24. The van der Waals surface area contributed by atoms with Gasteiger partial charge in [-0.05, 0) is 12.1 Å². The molecule has 7 heteroatoms. The summed E-state index contributed by atoms with van der Waals surface area (Å²) in [6, 6.07) is 3.68. The summed E-state index contributed by atoms with van der Waals surface area (Å²) in [6.45, 7) is 0.499. The molecule has 0 radical (unpaired) electrons. The highest BCUT2D eigenvalue weighted by Gasteiger charge is 2.15. The molecule has 6 nitrogen and oxygen atoms in total. The van der Waals surface area contributed by atoms with Crippen molar-refractivity contribution in [3.8, 4) is 0 Å². The predicted molar refractivity (Wildman–Crippen MR) is 70.8 cm³/mol. The van der Waals surface area contributed by atoms with Gasteiger partial charge in [-0.1, -0.05) is 11.3 Å². The molecule has 0 atom stereocenters. The van der Waals surface area contributed by atoms with Gasteiger partial charge in [0.2, 0.25) is 0 Å². The number of nitrogen functional groups attached to an aromatic ring is 1. The van der Waals surface area contributed by atoms with Crippen LogP contribution in [0.5, 0.6) is 0 Å². The molecule has 0 fully saturated rings. The van der Waals surface area contributed by atoms with Crippen molar-refractivity contribution < 1.29 is 9.21 Å². The van der Waals surface area contributed by atoms with Gasteiger partial charge in [0.15, 0.2) is 5.13 Å². The first-order valence-corrected chi connectivity index (χ1v) is 6.27. The lowest BCUT2D eigenvalue weighted by molar-refractivity contribution is 0.0958. The average Bonchev–Trinajstić information content (AvgIpc) is 2.98. The van der Waals surface area contributed by atoms with Crippen molar-refractivity contribution in [2.45, 2.75) is 6.42 Å². The minimum Gasteiger partial charge on any atom is -0.469 e. The van der Waals surface area contributed by atoms with E-state index in [9.17, 15) is 4.79 Å². The van der Waals surface area contributed by atoms with E-state index >= 15 is 0 Å². The number of amides is 1. The Morgan fingerprint density at radius 3 is 3.06 bits per heavy atom. The number of nitrogens with zero attached hydrogens (tertiary/aromatic N) is 1. The van der Waals surface area contributed by atoms with Crippen LogP contribution in [0.2, 0.25) is 0 Å². The first-order valence-electron chi connectivity index (χ1n) is 5.45. The summed E-state index contributed by atoms with van der Waals surface area (Å²) < 4.78 is 5.17. The van der Waals surface area contributed by atoms with Gasteiger partial charge in [0.25, 0.3) is 5.91 Å². The van der Waals surface area contributed by atoms with Crippen molar-refractivity contribution in [1.29, 1.82) is 0 Å².